The molecule has 3 rings (SSSR count). The number of likely N-dealkylation sites (tertiary alicyclic amines) is 1. The zero-order chi connectivity index (χ0) is 23.1. The van der Waals surface area contributed by atoms with E-state index in [0.717, 1.165) is 44.9 Å². The van der Waals surface area contributed by atoms with Crippen molar-refractivity contribution in [2.24, 2.45) is 0 Å². The van der Waals surface area contributed by atoms with Gasteiger partial charge in [-0.2, -0.15) is 0 Å². The van der Waals surface area contributed by atoms with E-state index in [-0.39, 0.29) is 41.3 Å². The number of nitrogens with one attached hydrogen (secondary N) is 3. The molecular weight excluding hydrogens is 428 g/mol. The van der Waals surface area contributed by atoms with E-state index in [9.17, 15) is 18.0 Å². The van der Waals surface area contributed by atoms with Crippen molar-refractivity contribution < 1.29 is 18.0 Å². The normalized spacial score (nSPS) is 18.8. The fraction of sp³-hybridized carbons (Fsp3) is 0.739. The Hall–Kier alpha value is -1.87. The van der Waals surface area contributed by atoms with Crippen LogP contribution in [0.5, 0.6) is 0 Å². The average molecular weight is 467 g/mol. The van der Waals surface area contributed by atoms with E-state index in [0.29, 0.717) is 24.5 Å². The van der Waals surface area contributed by atoms with Gasteiger partial charge in [0.05, 0.1) is 5.56 Å². The van der Waals surface area contributed by atoms with Crippen LogP contribution in [-0.2, 0) is 14.8 Å². The molecule has 1 aromatic heterocycles. The molecule has 0 radical (unpaired) electrons. The summed E-state index contributed by atoms with van der Waals surface area (Å²) in [6.45, 7) is 4.69. The lowest BCUT2D eigenvalue weighted by Crippen LogP contribution is -2.38. The summed E-state index contributed by atoms with van der Waals surface area (Å²) in [6, 6.07) is 0.183. The van der Waals surface area contributed by atoms with Crippen molar-refractivity contribution in [2.45, 2.75) is 95.4 Å². The maximum Gasteiger partial charge on any atom is 0.257 e. The predicted octanol–water partition coefficient (Wildman–Crippen LogP) is 3.16. The zero-order valence-electron chi connectivity index (χ0n) is 19.5. The van der Waals surface area contributed by atoms with E-state index in [1.54, 1.807) is 18.7 Å². The van der Waals surface area contributed by atoms with Crippen LogP contribution in [0.3, 0.4) is 0 Å². The number of carbonyl (C=O) groups excluding carboxylic acids is 2. The molecule has 0 atom stereocenters. The van der Waals surface area contributed by atoms with Gasteiger partial charge < -0.3 is 15.2 Å². The molecule has 0 bridgehead atoms. The van der Waals surface area contributed by atoms with E-state index in [1.165, 1.54) is 19.3 Å². The van der Waals surface area contributed by atoms with Crippen molar-refractivity contribution in [3.8, 4) is 0 Å². The highest BCUT2D eigenvalue weighted by Crippen LogP contribution is 2.26. The lowest BCUT2D eigenvalue weighted by molar-refractivity contribution is -0.121. The smallest absolute Gasteiger partial charge is 0.257 e. The summed E-state index contributed by atoms with van der Waals surface area (Å²) >= 11 is 0. The number of sulfonamides is 1. The SMILES string of the molecule is Cc1[nH]c(C)c(S(=O)(=O)NCCC(=O)NC2CCCCCCC2)c1C(=O)N1CCCCC1. The first-order valence-corrected chi connectivity index (χ1v) is 13.6. The number of H-pyrrole nitrogens is 1. The van der Waals surface area contributed by atoms with Gasteiger partial charge in [0.2, 0.25) is 15.9 Å². The second-order valence-corrected chi connectivity index (χ2v) is 10.9. The Morgan fingerprint density at radius 2 is 1.53 bits per heavy atom. The van der Waals surface area contributed by atoms with Crippen LogP contribution in [0, 0.1) is 13.8 Å². The number of aromatic amines is 1. The highest BCUT2D eigenvalue weighted by Gasteiger charge is 2.31. The van der Waals surface area contributed by atoms with Crippen LogP contribution in [0.2, 0.25) is 0 Å². The number of rotatable bonds is 7. The van der Waals surface area contributed by atoms with Crippen molar-refractivity contribution >= 4 is 21.8 Å². The Morgan fingerprint density at radius 3 is 2.19 bits per heavy atom. The van der Waals surface area contributed by atoms with Crippen LogP contribution < -0.4 is 10.0 Å². The molecule has 3 N–H and O–H groups in total. The van der Waals surface area contributed by atoms with E-state index in [2.05, 4.69) is 15.0 Å². The third kappa shape index (κ3) is 6.34. The second-order valence-electron chi connectivity index (χ2n) is 9.19. The van der Waals surface area contributed by atoms with Crippen LogP contribution in [0.15, 0.2) is 4.90 Å². The molecule has 1 saturated carbocycles. The van der Waals surface area contributed by atoms with Gasteiger partial charge in [-0.05, 0) is 46.0 Å². The number of aryl methyl sites for hydroxylation is 2. The van der Waals surface area contributed by atoms with Crippen LogP contribution in [-0.4, -0.2) is 55.8 Å². The summed E-state index contributed by atoms with van der Waals surface area (Å²) in [5.74, 6) is -0.376. The number of piperidine rings is 1. The van der Waals surface area contributed by atoms with Crippen molar-refractivity contribution in [1.29, 1.82) is 0 Å². The summed E-state index contributed by atoms with van der Waals surface area (Å²) in [4.78, 5) is 30.2. The lowest BCUT2D eigenvalue weighted by atomic mass is 9.96. The van der Waals surface area contributed by atoms with E-state index < -0.39 is 10.0 Å². The fourth-order valence-electron chi connectivity index (χ4n) is 4.88. The first kappa shape index (κ1) is 24.8. The van der Waals surface area contributed by atoms with Crippen LogP contribution in [0.1, 0.15) is 92.4 Å². The quantitative estimate of drug-likeness (QED) is 0.573. The summed E-state index contributed by atoms with van der Waals surface area (Å²) in [7, 11) is -3.93. The summed E-state index contributed by atoms with van der Waals surface area (Å²) in [5, 5.41) is 3.06. The lowest BCUT2D eigenvalue weighted by Gasteiger charge is -2.27. The minimum Gasteiger partial charge on any atom is -0.361 e. The fourth-order valence-corrected chi connectivity index (χ4v) is 6.36. The Kier molecular flexibility index (Phi) is 8.76. The van der Waals surface area contributed by atoms with Crippen molar-refractivity contribution in [3.05, 3.63) is 17.0 Å². The molecule has 2 fully saturated rings. The summed E-state index contributed by atoms with van der Waals surface area (Å²) < 4.78 is 28.7. The highest BCUT2D eigenvalue weighted by atomic mass is 32.2. The Morgan fingerprint density at radius 1 is 0.938 bits per heavy atom. The average Bonchev–Trinajstić information content (AvgIpc) is 3.04. The molecule has 2 aliphatic rings. The number of aromatic nitrogens is 1. The predicted molar refractivity (Wildman–Crippen MR) is 124 cm³/mol. The van der Waals surface area contributed by atoms with Gasteiger partial charge in [-0.15, -0.1) is 0 Å². The molecule has 1 aliphatic carbocycles. The van der Waals surface area contributed by atoms with E-state index >= 15 is 0 Å². The molecule has 32 heavy (non-hydrogen) atoms. The highest BCUT2D eigenvalue weighted by molar-refractivity contribution is 7.89. The number of hydrogen-bond donors (Lipinski definition) is 3. The molecule has 8 nitrogen and oxygen atoms in total. The van der Waals surface area contributed by atoms with Gasteiger partial charge in [-0.25, -0.2) is 13.1 Å². The topological polar surface area (TPSA) is 111 Å². The zero-order valence-corrected chi connectivity index (χ0v) is 20.3. The standard InChI is InChI=1S/C23H38N4O4S/c1-17-21(23(29)27-15-9-6-10-16-27)22(18(2)25-17)32(30,31)24-14-13-20(28)26-19-11-7-4-3-5-8-12-19/h19,24-25H,3-16H2,1-2H3,(H,26,28). The molecule has 2 amide bonds. The minimum absolute atomic E-state index is 0.00188. The third-order valence-electron chi connectivity index (χ3n) is 6.56. The molecule has 1 aliphatic heterocycles. The number of hydrogen-bond acceptors (Lipinski definition) is 4. The van der Waals surface area contributed by atoms with Gasteiger partial charge >= 0.3 is 0 Å². The molecule has 0 aromatic carbocycles. The Labute approximate surface area is 192 Å². The largest absolute Gasteiger partial charge is 0.361 e. The molecular formula is C23H38N4O4S. The maximum absolute atomic E-state index is 13.1. The third-order valence-corrected chi connectivity index (χ3v) is 8.19. The van der Waals surface area contributed by atoms with Gasteiger partial charge in [0.25, 0.3) is 5.91 Å². The molecule has 0 unspecified atom stereocenters. The molecule has 1 saturated heterocycles. The number of nitrogens with zero attached hydrogens (tertiary/aromatic N) is 1. The van der Waals surface area contributed by atoms with Crippen molar-refractivity contribution in [3.63, 3.8) is 0 Å². The maximum atomic E-state index is 13.1. The van der Waals surface area contributed by atoms with E-state index in [4.69, 9.17) is 0 Å². The molecule has 0 spiro atoms. The van der Waals surface area contributed by atoms with Crippen LogP contribution in [0.4, 0.5) is 0 Å². The molecule has 2 heterocycles. The van der Waals surface area contributed by atoms with Gasteiger partial charge in [0, 0.05) is 43.5 Å². The summed E-state index contributed by atoms with van der Waals surface area (Å²) in [5.41, 5.74) is 1.21. The van der Waals surface area contributed by atoms with Gasteiger partial charge in [-0.3, -0.25) is 9.59 Å². The summed E-state index contributed by atoms with van der Waals surface area (Å²) in [6.07, 6.45) is 10.9. The van der Waals surface area contributed by atoms with Crippen LogP contribution >= 0.6 is 0 Å². The Bertz CT molecular complexity index is 895. The first-order valence-electron chi connectivity index (χ1n) is 12.1. The van der Waals surface area contributed by atoms with Crippen molar-refractivity contribution in [2.75, 3.05) is 19.6 Å². The second kappa shape index (κ2) is 11.3. The molecule has 180 valence electrons. The van der Waals surface area contributed by atoms with Gasteiger partial charge in [0.1, 0.15) is 4.90 Å². The first-order chi connectivity index (χ1) is 15.3. The Balaban J connectivity index is 1.61. The molecule has 1 aromatic rings. The van der Waals surface area contributed by atoms with E-state index in [1.807, 2.05) is 0 Å². The number of amides is 2. The van der Waals surface area contributed by atoms with Crippen molar-refractivity contribution in [1.82, 2.24) is 19.9 Å². The van der Waals surface area contributed by atoms with Gasteiger partial charge in [0.15, 0.2) is 0 Å². The van der Waals surface area contributed by atoms with Crippen LogP contribution in [0.25, 0.3) is 0 Å². The minimum atomic E-state index is -3.93. The van der Waals surface area contributed by atoms with Gasteiger partial charge in [-0.1, -0.05) is 32.1 Å². The number of carbonyl (C=O) groups is 2. The molecule has 9 heteroatoms. The monoisotopic (exact) mass is 466 g/mol.